The maximum atomic E-state index is 13.1. The summed E-state index contributed by atoms with van der Waals surface area (Å²) in [6, 6.07) is 19.3. The molecule has 0 amide bonds. The number of nitro groups is 1. The minimum absolute atomic E-state index is 0.0969. The highest BCUT2D eigenvalue weighted by molar-refractivity contribution is 7.93. The van der Waals surface area contributed by atoms with Crippen molar-refractivity contribution in [1.82, 2.24) is 0 Å². The van der Waals surface area contributed by atoms with Crippen molar-refractivity contribution in [2.45, 2.75) is 24.7 Å². The molecule has 0 aliphatic rings. The van der Waals surface area contributed by atoms with Crippen LogP contribution in [0.3, 0.4) is 0 Å². The van der Waals surface area contributed by atoms with Crippen molar-refractivity contribution in [3.05, 3.63) is 93.5 Å². The van der Waals surface area contributed by atoms with Crippen molar-refractivity contribution < 1.29 is 13.3 Å². The number of nitrogens with zero attached hydrogens (tertiary/aromatic N) is 2. The molecule has 0 aliphatic heterocycles. The lowest BCUT2D eigenvalue weighted by molar-refractivity contribution is -0.385. The number of nitro benzene ring substituents is 1. The van der Waals surface area contributed by atoms with E-state index >= 15 is 0 Å². The maximum Gasteiger partial charge on any atom is 0.270 e. The Bertz CT molecular complexity index is 1250. The zero-order chi connectivity index (χ0) is 23.1. The number of halogens is 1. The third kappa shape index (κ3) is 5.63. The van der Waals surface area contributed by atoms with Crippen LogP contribution < -0.4 is 10.1 Å². The van der Waals surface area contributed by atoms with Crippen molar-refractivity contribution in [3.63, 3.8) is 0 Å². The fraction of sp³-hybridized carbons (Fsp3) is 0.136. The minimum Gasteiger partial charge on any atom is -0.278 e. The molecule has 0 unspecified atom stereocenters. The molecule has 0 heterocycles. The predicted octanol–water partition coefficient (Wildman–Crippen LogP) is 5.67. The van der Waals surface area contributed by atoms with Gasteiger partial charge in [-0.1, -0.05) is 67.4 Å². The van der Waals surface area contributed by atoms with E-state index in [0.29, 0.717) is 6.42 Å². The van der Waals surface area contributed by atoms with Crippen molar-refractivity contribution >= 4 is 44.4 Å². The van der Waals surface area contributed by atoms with Gasteiger partial charge in [0.25, 0.3) is 15.7 Å². The zero-order valence-corrected chi connectivity index (χ0v) is 18.7. The van der Waals surface area contributed by atoms with E-state index in [1.165, 1.54) is 24.3 Å². The van der Waals surface area contributed by atoms with E-state index in [1.54, 1.807) is 12.1 Å². The first-order valence-electron chi connectivity index (χ1n) is 9.75. The van der Waals surface area contributed by atoms with Crippen molar-refractivity contribution in [2.24, 2.45) is 5.10 Å². The molecule has 0 aliphatic carbocycles. The van der Waals surface area contributed by atoms with Gasteiger partial charge in [0.1, 0.15) is 4.90 Å². The number of para-hydroxylation sites is 1. The van der Waals surface area contributed by atoms with E-state index in [4.69, 9.17) is 11.6 Å². The largest absolute Gasteiger partial charge is 0.278 e. The molecular weight excluding hydrogens is 452 g/mol. The highest BCUT2D eigenvalue weighted by Gasteiger charge is 2.23. The van der Waals surface area contributed by atoms with E-state index in [-0.39, 0.29) is 27.0 Å². The lowest BCUT2D eigenvalue weighted by Crippen LogP contribution is -2.15. The second kappa shape index (κ2) is 10.3. The fourth-order valence-electron chi connectivity index (χ4n) is 2.94. The lowest BCUT2D eigenvalue weighted by atomic mass is 10.1. The Kier molecular flexibility index (Phi) is 7.45. The molecule has 2 N–H and O–H groups in total. The van der Waals surface area contributed by atoms with E-state index < -0.39 is 14.9 Å². The van der Waals surface area contributed by atoms with Crippen LogP contribution in [0.15, 0.2) is 82.8 Å². The summed E-state index contributed by atoms with van der Waals surface area (Å²) in [5.74, 6) is 0. The second-order valence-electron chi connectivity index (χ2n) is 6.81. The average molecular weight is 473 g/mol. The molecule has 3 aromatic rings. The minimum atomic E-state index is -4.22. The summed E-state index contributed by atoms with van der Waals surface area (Å²) in [5.41, 5.74) is 4.29. The quantitative estimate of drug-likeness (QED) is 0.237. The van der Waals surface area contributed by atoms with E-state index in [9.17, 15) is 18.5 Å². The topological polar surface area (TPSA) is 114 Å². The molecule has 0 bridgehead atoms. The summed E-state index contributed by atoms with van der Waals surface area (Å²) < 4.78 is 28.6. The standard InChI is InChI=1S/C22H21ClN4O4S/c1-2-8-19(16-9-4-3-5-10-16)24-25-21-14-13-17(27(28)29)15-22(21)32(30,31)26-20-12-7-6-11-18(20)23/h3-7,9-15,25-26H,2,8H2,1H3/b24-19+. The van der Waals surface area contributed by atoms with Crippen LogP contribution in [0, 0.1) is 10.1 Å². The van der Waals surface area contributed by atoms with Crippen LogP contribution in [-0.4, -0.2) is 19.1 Å². The Morgan fingerprint density at radius 2 is 1.72 bits per heavy atom. The highest BCUT2D eigenvalue weighted by Crippen LogP contribution is 2.30. The summed E-state index contributed by atoms with van der Waals surface area (Å²) in [6.45, 7) is 2.01. The van der Waals surface area contributed by atoms with Gasteiger partial charge in [-0.25, -0.2) is 8.42 Å². The molecule has 8 nitrogen and oxygen atoms in total. The number of sulfonamides is 1. The average Bonchev–Trinajstić information content (AvgIpc) is 2.78. The van der Waals surface area contributed by atoms with E-state index in [2.05, 4.69) is 15.2 Å². The van der Waals surface area contributed by atoms with Gasteiger partial charge in [-0.3, -0.25) is 20.3 Å². The molecule has 0 saturated heterocycles. The van der Waals surface area contributed by atoms with Gasteiger partial charge in [0.05, 0.1) is 27.0 Å². The molecule has 32 heavy (non-hydrogen) atoms. The van der Waals surface area contributed by atoms with Gasteiger partial charge in [-0.05, 0) is 30.2 Å². The molecule has 0 saturated carbocycles. The van der Waals surface area contributed by atoms with E-state index in [0.717, 1.165) is 23.8 Å². The first-order chi connectivity index (χ1) is 15.3. The number of hydrazone groups is 1. The number of hydrogen-bond acceptors (Lipinski definition) is 6. The van der Waals surface area contributed by atoms with Gasteiger partial charge in [0, 0.05) is 12.1 Å². The van der Waals surface area contributed by atoms with Gasteiger partial charge < -0.3 is 0 Å². The summed E-state index contributed by atoms with van der Waals surface area (Å²) in [6.07, 6.45) is 1.48. The Balaban J connectivity index is 2.03. The number of rotatable bonds is 9. The predicted molar refractivity (Wildman–Crippen MR) is 127 cm³/mol. The maximum absolute atomic E-state index is 13.1. The normalized spacial score (nSPS) is 11.8. The van der Waals surface area contributed by atoms with Gasteiger partial charge in [-0.2, -0.15) is 5.10 Å². The first kappa shape index (κ1) is 23.2. The second-order valence-corrected chi connectivity index (χ2v) is 8.87. The van der Waals surface area contributed by atoms with Gasteiger partial charge in [0.2, 0.25) is 0 Å². The van der Waals surface area contributed by atoms with Crippen LogP contribution in [0.25, 0.3) is 0 Å². The monoisotopic (exact) mass is 472 g/mol. The Morgan fingerprint density at radius 3 is 2.38 bits per heavy atom. The molecule has 3 rings (SSSR count). The van der Waals surface area contributed by atoms with Gasteiger partial charge in [-0.15, -0.1) is 0 Å². The number of benzene rings is 3. The molecular formula is C22H21ClN4O4S. The number of hydrogen-bond donors (Lipinski definition) is 2. The Hall–Kier alpha value is -3.43. The summed E-state index contributed by atoms with van der Waals surface area (Å²) in [7, 11) is -4.22. The number of anilines is 2. The zero-order valence-electron chi connectivity index (χ0n) is 17.2. The molecule has 3 aromatic carbocycles. The first-order valence-corrected chi connectivity index (χ1v) is 11.6. The third-order valence-corrected chi connectivity index (χ3v) is 6.22. The van der Waals surface area contributed by atoms with Crippen LogP contribution in [0.4, 0.5) is 17.1 Å². The molecule has 0 radical (unpaired) electrons. The number of non-ortho nitro benzene ring substituents is 1. The smallest absolute Gasteiger partial charge is 0.270 e. The van der Waals surface area contributed by atoms with Crippen molar-refractivity contribution in [1.29, 1.82) is 0 Å². The molecule has 0 aromatic heterocycles. The Morgan fingerprint density at radius 1 is 1.03 bits per heavy atom. The molecule has 0 atom stereocenters. The highest BCUT2D eigenvalue weighted by atomic mass is 35.5. The number of nitrogens with one attached hydrogen (secondary N) is 2. The van der Waals surface area contributed by atoms with Gasteiger partial charge in [0.15, 0.2) is 0 Å². The summed E-state index contributed by atoms with van der Waals surface area (Å²) >= 11 is 6.07. The third-order valence-electron chi connectivity index (χ3n) is 4.49. The SMILES string of the molecule is CCC/C(=N\Nc1ccc([N+](=O)[O-])cc1S(=O)(=O)Nc1ccccc1Cl)c1ccccc1. The van der Waals surface area contributed by atoms with Crippen LogP contribution in [-0.2, 0) is 10.0 Å². The van der Waals surface area contributed by atoms with Crippen LogP contribution in [0.1, 0.15) is 25.3 Å². The Labute approximate surface area is 191 Å². The van der Waals surface area contributed by atoms with Crippen LogP contribution in [0.2, 0.25) is 5.02 Å². The summed E-state index contributed by atoms with van der Waals surface area (Å²) in [4.78, 5) is 10.3. The lowest BCUT2D eigenvalue weighted by Gasteiger charge is -2.14. The molecule has 10 heteroatoms. The van der Waals surface area contributed by atoms with Crippen molar-refractivity contribution in [3.8, 4) is 0 Å². The molecule has 166 valence electrons. The van der Waals surface area contributed by atoms with Crippen molar-refractivity contribution in [2.75, 3.05) is 10.1 Å². The summed E-state index contributed by atoms with van der Waals surface area (Å²) in [5, 5.41) is 15.9. The van der Waals surface area contributed by atoms with Gasteiger partial charge >= 0.3 is 0 Å². The molecule has 0 spiro atoms. The van der Waals surface area contributed by atoms with E-state index in [1.807, 2.05) is 37.3 Å². The van der Waals surface area contributed by atoms with Crippen LogP contribution >= 0.6 is 11.6 Å². The van der Waals surface area contributed by atoms with Crippen LogP contribution in [0.5, 0.6) is 0 Å². The molecule has 0 fully saturated rings. The fourth-order valence-corrected chi connectivity index (χ4v) is 4.44.